The number of aliphatic carboxylic acids is 1. The van der Waals surface area contributed by atoms with Crippen LogP contribution in [0.5, 0.6) is 0 Å². The first kappa shape index (κ1) is 13.0. The van der Waals surface area contributed by atoms with Gasteiger partial charge in [0.15, 0.2) is 0 Å². The summed E-state index contributed by atoms with van der Waals surface area (Å²) in [5.41, 5.74) is 4.48. The minimum Gasteiger partial charge on any atom is -0.480 e. The van der Waals surface area contributed by atoms with E-state index in [0.717, 1.165) is 12.8 Å². The first-order valence-corrected chi connectivity index (χ1v) is 5.60. The van der Waals surface area contributed by atoms with Gasteiger partial charge in [-0.15, -0.1) is 0 Å². The fraction of sp³-hybridized carbons (Fsp3) is 0.818. The van der Waals surface area contributed by atoms with E-state index in [1.807, 2.05) is 0 Å². The molecule has 1 aliphatic rings. The van der Waals surface area contributed by atoms with Gasteiger partial charge in [0, 0.05) is 12.0 Å². The predicted octanol–water partition coefficient (Wildman–Crippen LogP) is 0.339. The Morgan fingerprint density at radius 3 is 2.25 bits per heavy atom. The van der Waals surface area contributed by atoms with E-state index in [9.17, 15) is 9.59 Å². The Hall–Kier alpha value is -1.10. The van der Waals surface area contributed by atoms with Crippen molar-refractivity contribution in [2.45, 2.75) is 45.2 Å². The van der Waals surface area contributed by atoms with Crippen LogP contribution in [0.25, 0.3) is 0 Å². The average Bonchev–Trinajstić information content (AvgIpc) is 2.98. The Bertz CT molecular complexity index is 300. The number of carbonyl (C=O) groups is 2. The minimum atomic E-state index is -1.14. The highest BCUT2D eigenvalue weighted by molar-refractivity contribution is 5.88. The lowest BCUT2D eigenvalue weighted by Gasteiger charge is -2.28. The van der Waals surface area contributed by atoms with Crippen LogP contribution >= 0.6 is 0 Å². The molecule has 0 spiro atoms. The van der Waals surface area contributed by atoms with Crippen LogP contribution in [-0.2, 0) is 9.59 Å². The Morgan fingerprint density at radius 1 is 1.44 bits per heavy atom. The van der Waals surface area contributed by atoms with Crippen LogP contribution in [0.2, 0.25) is 0 Å². The molecule has 1 aliphatic carbocycles. The van der Waals surface area contributed by atoms with E-state index in [1.54, 1.807) is 20.8 Å². The molecule has 0 aliphatic heterocycles. The summed E-state index contributed by atoms with van der Waals surface area (Å²) < 4.78 is 0. The van der Waals surface area contributed by atoms with E-state index in [-0.39, 0.29) is 23.8 Å². The van der Waals surface area contributed by atoms with Gasteiger partial charge in [0.25, 0.3) is 0 Å². The van der Waals surface area contributed by atoms with Gasteiger partial charge in [-0.05, 0) is 32.6 Å². The Kier molecular flexibility index (Phi) is 3.57. The van der Waals surface area contributed by atoms with E-state index in [2.05, 4.69) is 5.32 Å². The molecule has 0 bridgehead atoms. The number of carboxylic acid groups (broad SMARTS) is 1. The summed E-state index contributed by atoms with van der Waals surface area (Å²) in [5, 5.41) is 11.8. The van der Waals surface area contributed by atoms with E-state index >= 15 is 0 Å². The summed E-state index contributed by atoms with van der Waals surface area (Å²) in [6.45, 7) is 5.01. The zero-order valence-corrected chi connectivity index (χ0v) is 9.99. The van der Waals surface area contributed by atoms with Crippen molar-refractivity contribution in [2.24, 2.45) is 17.6 Å². The van der Waals surface area contributed by atoms with Crippen molar-refractivity contribution in [3.05, 3.63) is 0 Å². The third-order valence-corrected chi connectivity index (χ3v) is 3.42. The molecule has 0 heterocycles. The van der Waals surface area contributed by atoms with Gasteiger partial charge in [-0.25, -0.2) is 4.79 Å². The number of amides is 1. The van der Waals surface area contributed by atoms with Gasteiger partial charge in [0.2, 0.25) is 5.91 Å². The molecule has 3 unspecified atom stereocenters. The van der Waals surface area contributed by atoms with Crippen LogP contribution in [0.4, 0.5) is 0 Å². The molecule has 1 saturated carbocycles. The molecular formula is C11H20N2O3. The van der Waals surface area contributed by atoms with Gasteiger partial charge >= 0.3 is 5.97 Å². The van der Waals surface area contributed by atoms with Crippen molar-refractivity contribution in [2.75, 3.05) is 0 Å². The lowest BCUT2D eigenvalue weighted by Crippen LogP contribution is -2.56. The molecule has 1 rings (SSSR count). The van der Waals surface area contributed by atoms with Crippen molar-refractivity contribution >= 4 is 11.9 Å². The van der Waals surface area contributed by atoms with E-state index in [4.69, 9.17) is 10.8 Å². The molecule has 5 nitrogen and oxygen atoms in total. The molecule has 0 radical (unpaired) electrons. The number of nitrogens with two attached hydrogens (primary N) is 1. The summed E-state index contributed by atoms with van der Waals surface area (Å²) in [6.07, 6.45) is 1.71. The summed E-state index contributed by atoms with van der Waals surface area (Å²) in [4.78, 5) is 23.0. The SMILES string of the molecule is CC(N)C(C)C(=O)NC(C)(C(=O)O)C1CC1. The van der Waals surface area contributed by atoms with Crippen molar-refractivity contribution in [1.82, 2.24) is 5.32 Å². The molecule has 1 amide bonds. The standard InChI is InChI=1S/C11H20N2O3/c1-6(7(2)12)9(14)13-11(3,10(15)16)8-4-5-8/h6-8H,4-5,12H2,1-3H3,(H,13,14)(H,15,16). The van der Waals surface area contributed by atoms with Crippen LogP contribution in [0, 0.1) is 11.8 Å². The van der Waals surface area contributed by atoms with Crippen molar-refractivity contribution in [3.8, 4) is 0 Å². The monoisotopic (exact) mass is 228 g/mol. The summed E-state index contributed by atoms with van der Waals surface area (Å²) >= 11 is 0. The second-order valence-corrected chi connectivity index (χ2v) is 4.92. The number of nitrogens with one attached hydrogen (secondary N) is 1. The largest absolute Gasteiger partial charge is 0.480 e. The van der Waals surface area contributed by atoms with Gasteiger partial charge in [-0.3, -0.25) is 4.79 Å². The van der Waals surface area contributed by atoms with Gasteiger partial charge in [-0.2, -0.15) is 0 Å². The highest BCUT2D eigenvalue weighted by atomic mass is 16.4. The molecule has 16 heavy (non-hydrogen) atoms. The van der Waals surface area contributed by atoms with Crippen molar-refractivity contribution in [1.29, 1.82) is 0 Å². The highest BCUT2D eigenvalue weighted by Crippen LogP contribution is 2.39. The zero-order chi connectivity index (χ0) is 12.5. The maximum Gasteiger partial charge on any atom is 0.329 e. The normalized spacial score (nSPS) is 23.0. The smallest absolute Gasteiger partial charge is 0.329 e. The molecular weight excluding hydrogens is 208 g/mol. The van der Waals surface area contributed by atoms with Crippen LogP contribution in [0.1, 0.15) is 33.6 Å². The van der Waals surface area contributed by atoms with Gasteiger partial charge < -0.3 is 16.2 Å². The topological polar surface area (TPSA) is 92.4 Å². The molecule has 0 aromatic carbocycles. The third kappa shape index (κ3) is 2.52. The van der Waals surface area contributed by atoms with E-state index in [1.165, 1.54) is 0 Å². The third-order valence-electron chi connectivity index (χ3n) is 3.42. The zero-order valence-electron chi connectivity index (χ0n) is 9.99. The first-order valence-electron chi connectivity index (χ1n) is 5.60. The number of carbonyl (C=O) groups excluding carboxylic acids is 1. The molecule has 0 saturated heterocycles. The quantitative estimate of drug-likeness (QED) is 0.632. The second kappa shape index (κ2) is 4.41. The summed E-state index contributed by atoms with van der Waals surface area (Å²) in [7, 11) is 0. The number of hydrogen-bond acceptors (Lipinski definition) is 3. The van der Waals surface area contributed by atoms with Crippen LogP contribution in [0.15, 0.2) is 0 Å². The molecule has 4 N–H and O–H groups in total. The number of rotatable bonds is 5. The lowest BCUT2D eigenvalue weighted by molar-refractivity contribution is -0.148. The van der Waals surface area contributed by atoms with Crippen LogP contribution in [-0.4, -0.2) is 28.6 Å². The molecule has 3 atom stereocenters. The van der Waals surface area contributed by atoms with Crippen molar-refractivity contribution in [3.63, 3.8) is 0 Å². The van der Waals surface area contributed by atoms with Gasteiger partial charge in [-0.1, -0.05) is 6.92 Å². The predicted molar refractivity (Wildman–Crippen MR) is 59.7 cm³/mol. The van der Waals surface area contributed by atoms with E-state index in [0.29, 0.717) is 0 Å². The van der Waals surface area contributed by atoms with Gasteiger partial charge in [0.1, 0.15) is 5.54 Å². The molecule has 92 valence electrons. The Morgan fingerprint density at radius 2 is 1.94 bits per heavy atom. The van der Waals surface area contributed by atoms with E-state index < -0.39 is 11.5 Å². The maximum atomic E-state index is 11.8. The van der Waals surface area contributed by atoms with Crippen molar-refractivity contribution < 1.29 is 14.7 Å². The molecule has 0 aromatic rings. The molecule has 0 aromatic heterocycles. The Balaban J connectivity index is 2.69. The average molecular weight is 228 g/mol. The number of hydrogen-bond donors (Lipinski definition) is 3. The highest BCUT2D eigenvalue weighted by Gasteiger charge is 2.49. The summed E-state index contributed by atoms with van der Waals surface area (Å²) in [6, 6.07) is -0.280. The minimum absolute atomic E-state index is 0.0502. The van der Waals surface area contributed by atoms with Crippen LogP contribution in [0.3, 0.4) is 0 Å². The lowest BCUT2D eigenvalue weighted by atomic mass is 9.93. The Labute approximate surface area is 95.4 Å². The number of carboxylic acids is 1. The van der Waals surface area contributed by atoms with Gasteiger partial charge in [0.05, 0.1) is 0 Å². The molecule has 1 fully saturated rings. The van der Waals surface area contributed by atoms with Crippen LogP contribution < -0.4 is 11.1 Å². The fourth-order valence-corrected chi connectivity index (χ4v) is 1.60. The second-order valence-electron chi connectivity index (χ2n) is 4.92. The molecule has 5 heteroatoms. The first-order chi connectivity index (χ1) is 7.29. The summed E-state index contributed by atoms with van der Waals surface area (Å²) in [5.74, 6) is -1.58. The fourth-order valence-electron chi connectivity index (χ4n) is 1.60. The maximum absolute atomic E-state index is 11.8.